The number of hydrogen-bond donors (Lipinski definition) is 1. The van der Waals surface area contributed by atoms with E-state index < -0.39 is 17.8 Å². The van der Waals surface area contributed by atoms with Crippen LogP contribution in [0, 0.1) is 6.92 Å². The molecule has 0 fully saturated rings. The molecule has 3 aromatic rings. The molecule has 8 nitrogen and oxygen atoms in total. The predicted octanol–water partition coefficient (Wildman–Crippen LogP) is 5.90. The molecular formula is C26H26ClNO7S. The lowest BCUT2D eigenvalue weighted by atomic mass is 10.1. The van der Waals surface area contributed by atoms with E-state index in [1.54, 1.807) is 45.0 Å². The number of amides is 1. The molecule has 1 N–H and O–H groups in total. The Morgan fingerprint density at radius 3 is 2.25 bits per heavy atom. The molecule has 3 rings (SSSR count). The van der Waals surface area contributed by atoms with Gasteiger partial charge in [-0.15, -0.1) is 11.3 Å². The van der Waals surface area contributed by atoms with Gasteiger partial charge in [-0.05, 0) is 62.2 Å². The van der Waals surface area contributed by atoms with Crippen LogP contribution in [0.2, 0.25) is 5.02 Å². The largest absolute Gasteiger partial charge is 0.493 e. The van der Waals surface area contributed by atoms with Gasteiger partial charge < -0.3 is 24.3 Å². The highest BCUT2D eigenvalue weighted by Gasteiger charge is 2.27. The van der Waals surface area contributed by atoms with E-state index in [0.29, 0.717) is 22.1 Å². The second kappa shape index (κ2) is 12.4. The van der Waals surface area contributed by atoms with Crippen molar-refractivity contribution in [3.8, 4) is 11.5 Å². The minimum absolute atomic E-state index is 0.119. The molecule has 1 amide bonds. The van der Waals surface area contributed by atoms with Gasteiger partial charge in [-0.2, -0.15) is 0 Å². The lowest BCUT2D eigenvalue weighted by Gasteiger charge is -2.13. The van der Waals surface area contributed by atoms with Gasteiger partial charge in [-0.1, -0.05) is 23.7 Å². The Morgan fingerprint density at radius 2 is 1.61 bits per heavy atom. The first-order chi connectivity index (χ1) is 17.3. The van der Waals surface area contributed by atoms with Crippen LogP contribution in [-0.4, -0.2) is 38.2 Å². The summed E-state index contributed by atoms with van der Waals surface area (Å²) < 4.78 is 21.5. The van der Waals surface area contributed by atoms with Crippen molar-refractivity contribution >= 4 is 45.8 Å². The Labute approximate surface area is 218 Å². The maximum absolute atomic E-state index is 13.1. The quantitative estimate of drug-likeness (QED) is 0.325. The molecule has 0 spiro atoms. The van der Waals surface area contributed by atoms with Gasteiger partial charge in [0.1, 0.15) is 16.5 Å². The molecule has 190 valence electrons. The Balaban J connectivity index is 1.83. The van der Waals surface area contributed by atoms with Crippen molar-refractivity contribution in [1.29, 1.82) is 0 Å². The molecule has 10 heteroatoms. The summed E-state index contributed by atoms with van der Waals surface area (Å²) >= 11 is 6.88. The number of halogens is 1. The van der Waals surface area contributed by atoms with E-state index in [0.717, 1.165) is 16.9 Å². The minimum atomic E-state index is -0.638. The third-order valence-corrected chi connectivity index (χ3v) is 6.49. The maximum atomic E-state index is 13.1. The monoisotopic (exact) mass is 531 g/mol. The lowest BCUT2D eigenvalue weighted by Crippen LogP contribution is -2.15. The van der Waals surface area contributed by atoms with Crippen LogP contribution in [-0.2, 0) is 16.1 Å². The van der Waals surface area contributed by atoms with Crippen molar-refractivity contribution in [3.05, 3.63) is 74.6 Å². The SMILES string of the molecule is CCOC(=O)c1sc(NC(=O)c2ccc(OCc3ccc(Cl)cc3)c(OC)c2)c(C(=O)OCC)c1C. The molecule has 0 atom stereocenters. The fraction of sp³-hybridized carbons (Fsp3) is 0.269. The summed E-state index contributed by atoms with van der Waals surface area (Å²) in [5, 5.41) is 3.55. The standard InChI is InChI=1S/C26H26ClNO7S/c1-5-33-25(30)21-15(3)22(26(31)34-6-2)36-24(21)28-23(29)17-9-12-19(20(13-17)32-4)35-14-16-7-10-18(27)11-8-16/h7-13H,5-6,14H2,1-4H3,(H,28,29). The van der Waals surface area contributed by atoms with Gasteiger partial charge in [-0.25, -0.2) is 9.59 Å². The second-order valence-electron chi connectivity index (χ2n) is 7.44. The van der Waals surface area contributed by atoms with Crippen molar-refractivity contribution in [3.63, 3.8) is 0 Å². The number of thiophene rings is 1. The van der Waals surface area contributed by atoms with Crippen LogP contribution in [0.1, 0.15) is 55.4 Å². The molecular weight excluding hydrogens is 506 g/mol. The van der Waals surface area contributed by atoms with E-state index in [1.165, 1.54) is 13.2 Å². The van der Waals surface area contributed by atoms with Crippen LogP contribution in [0.3, 0.4) is 0 Å². The Bertz CT molecular complexity index is 1250. The predicted molar refractivity (Wildman–Crippen MR) is 138 cm³/mol. The third kappa shape index (κ3) is 6.35. The summed E-state index contributed by atoms with van der Waals surface area (Å²) in [6, 6.07) is 12.0. The smallest absolute Gasteiger partial charge is 0.348 e. The highest BCUT2D eigenvalue weighted by Crippen LogP contribution is 2.35. The average Bonchev–Trinajstić information content (AvgIpc) is 3.19. The zero-order valence-electron chi connectivity index (χ0n) is 20.3. The molecule has 0 aliphatic rings. The summed E-state index contributed by atoms with van der Waals surface area (Å²) in [7, 11) is 1.47. The summed E-state index contributed by atoms with van der Waals surface area (Å²) in [5.74, 6) is -0.903. The number of nitrogens with one attached hydrogen (secondary N) is 1. The molecule has 1 aromatic heterocycles. The molecule has 0 radical (unpaired) electrons. The van der Waals surface area contributed by atoms with E-state index >= 15 is 0 Å². The molecule has 2 aromatic carbocycles. The Hall–Kier alpha value is -3.56. The van der Waals surface area contributed by atoms with Gasteiger partial charge in [0, 0.05) is 10.6 Å². The second-order valence-corrected chi connectivity index (χ2v) is 8.89. The molecule has 1 heterocycles. The zero-order valence-corrected chi connectivity index (χ0v) is 21.9. The number of carbonyl (C=O) groups is 3. The number of methoxy groups -OCH3 is 1. The molecule has 0 unspecified atom stereocenters. The number of ether oxygens (including phenoxy) is 4. The average molecular weight is 532 g/mol. The van der Waals surface area contributed by atoms with Gasteiger partial charge >= 0.3 is 11.9 Å². The van der Waals surface area contributed by atoms with Crippen LogP contribution >= 0.6 is 22.9 Å². The van der Waals surface area contributed by atoms with E-state index in [2.05, 4.69) is 5.32 Å². The first-order valence-electron chi connectivity index (χ1n) is 11.1. The normalized spacial score (nSPS) is 10.5. The fourth-order valence-electron chi connectivity index (χ4n) is 3.29. The minimum Gasteiger partial charge on any atom is -0.493 e. The number of benzene rings is 2. The Kier molecular flexibility index (Phi) is 9.32. The molecule has 0 aliphatic heterocycles. The molecule has 0 bridgehead atoms. The summed E-state index contributed by atoms with van der Waals surface area (Å²) in [5.41, 5.74) is 1.69. The van der Waals surface area contributed by atoms with E-state index in [-0.39, 0.29) is 40.8 Å². The van der Waals surface area contributed by atoms with E-state index in [1.807, 2.05) is 12.1 Å². The molecule has 0 saturated carbocycles. The van der Waals surface area contributed by atoms with Gasteiger partial charge in [0.05, 0.1) is 25.9 Å². The molecule has 0 saturated heterocycles. The fourth-order valence-corrected chi connectivity index (χ4v) is 4.50. The summed E-state index contributed by atoms with van der Waals surface area (Å²) in [4.78, 5) is 38.2. The maximum Gasteiger partial charge on any atom is 0.348 e. The van der Waals surface area contributed by atoms with Gasteiger partial charge in [0.25, 0.3) is 5.91 Å². The van der Waals surface area contributed by atoms with Gasteiger partial charge in [0.15, 0.2) is 11.5 Å². The van der Waals surface area contributed by atoms with Crippen molar-refractivity contribution < 1.29 is 33.3 Å². The zero-order chi connectivity index (χ0) is 26.2. The van der Waals surface area contributed by atoms with E-state index in [9.17, 15) is 14.4 Å². The van der Waals surface area contributed by atoms with Crippen molar-refractivity contribution in [2.75, 3.05) is 25.6 Å². The highest BCUT2D eigenvalue weighted by molar-refractivity contribution is 7.18. The van der Waals surface area contributed by atoms with Crippen LogP contribution in [0.4, 0.5) is 5.00 Å². The Morgan fingerprint density at radius 1 is 0.944 bits per heavy atom. The lowest BCUT2D eigenvalue weighted by molar-refractivity contribution is 0.0527. The summed E-state index contributed by atoms with van der Waals surface area (Å²) in [6.07, 6.45) is 0. The van der Waals surface area contributed by atoms with Crippen molar-refractivity contribution in [1.82, 2.24) is 0 Å². The first-order valence-corrected chi connectivity index (χ1v) is 12.3. The highest BCUT2D eigenvalue weighted by atomic mass is 35.5. The summed E-state index contributed by atoms with van der Waals surface area (Å²) in [6.45, 7) is 5.58. The van der Waals surface area contributed by atoms with Crippen LogP contribution < -0.4 is 14.8 Å². The first kappa shape index (κ1) is 27.0. The van der Waals surface area contributed by atoms with Crippen LogP contribution in [0.25, 0.3) is 0 Å². The van der Waals surface area contributed by atoms with E-state index in [4.69, 9.17) is 30.5 Å². The number of carbonyl (C=O) groups excluding carboxylic acids is 3. The number of esters is 2. The number of anilines is 1. The third-order valence-electron chi connectivity index (χ3n) is 5.05. The number of hydrogen-bond acceptors (Lipinski definition) is 8. The van der Waals surface area contributed by atoms with Crippen LogP contribution in [0.5, 0.6) is 11.5 Å². The van der Waals surface area contributed by atoms with Gasteiger partial charge in [-0.3, -0.25) is 4.79 Å². The van der Waals surface area contributed by atoms with Crippen molar-refractivity contribution in [2.24, 2.45) is 0 Å². The van der Waals surface area contributed by atoms with Crippen molar-refractivity contribution in [2.45, 2.75) is 27.4 Å². The topological polar surface area (TPSA) is 100 Å². The van der Waals surface area contributed by atoms with Crippen LogP contribution in [0.15, 0.2) is 42.5 Å². The molecule has 0 aliphatic carbocycles. The molecule has 36 heavy (non-hydrogen) atoms. The number of rotatable bonds is 10. The van der Waals surface area contributed by atoms with Gasteiger partial charge in [0.2, 0.25) is 0 Å².